The minimum atomic E-state index is -0.792. The third kappa shape index (κ3) is 3.57. The van der Waals surface area contributed by atoms with Crippen LogP contribution in [0.4, 0.5) is 5.69 Å². The number of nitrogens with zero attached hydrogens (tertiary/aromatic N) is 1. The zero-order chi connectivity index (χ0) is 17.0. The summed E-state index contributed by atoms with van der Waals surface area (Å²) in [4.78, 5) is 27.0. The Labute approximate surface area is 139 Å². The number of para-hydroxylation sites is 1. The van der Waals surface area contributed by atoms with Crippen molar-refractivity contribution in [1.29, 1.82) is 0 Å². The van der Waals surface area contributed by atoms with Crippen LogP contribution in [0.25, 0.3) is 0 Å². The van der Waals surface area contributed by atoms with E-state index in [1.807, 2.05) is 31.2 Å². The molecule has 0 spiro atoms. The molecule has 2 amide bonds. The number of carbonyl (C=O) groups is 2. The van der Waals surface area contributed by atoms with Gasteiger partial charge in [-0.05, 0) is 43.7 Å². The van der Waals surface area contributed by atoms with E-state index in [0.29, 0.717) is 25.3 Å². The number of aryl methyl sites for hydroxylation is 1. The molecule has 1 atom stereocenters. The summed E-state index contributed by atoms with van der Waals surface area (Å²) in [6, 6.07) is 7.87. The predicted molar refractivity (Wildman–Crippen MR) is 93.4 cm³/mol. The lowest BCUT2D eigenvalue weighted by atomic mass is 9.95. The number of carbonyl (C=O) groups excluding carboxylic acids is 2. The second-order valence-corrected chi connectivity index (χ2v) is 6.92. The summed E-state index contributed by atoms with van der Waals surface area (Å²) in [6.45, 7) is 8.88. The van der Waals surface area contributed by atoms with Gasteiger partial charge in [-0.1, -0.05) is 39.0 Å². The van der Waals surface area contributed by atoms with Gasteiger partial charge in [-0.25, -0.2) is 0 Å². The number of rotatable bonds is 6. The fourth-order valence-corrected chi connectivity index (χ4v) is 3.16. The van der Waals surface area contributed by atoms with E-state index in [2.05, 4.69) is 26.1 Å². The molecule has 0 bridgehead atoms. The Morgan fingerprint density at radius 3 is 2.70 bits per heavy atom. The summed E-state index contributed by atoms with van der Waals surface area (Å²) in [5.41, 5.74) is 1.18. The van der Waals surface area contributed by atoms with Crippen molar-refractivity contribution in [3.05, 3.63) is 29.8 Å². The van der Waals surface area contributed by atoms with Crippen molar-refractivity contribution in [2.75, 3.05) is 11.4 Å². The first-order chi connectivity index (χ1) is 10.9. The molecule has 1 heterocycles. The first-order valence-electron chi connectivity index (χ1n) is 8.59. The number of nitrogens with one attached hydrogen (secondary N) is 1. The van der Waals surface area contributed by atoms with Gasteiger partial charge in [0.05, 0.1) is 0 Å². The zero-order valence-electron chi connectivity index (χ0n) is 14.7. The smallest absolute Gasteiger partial charge is 0.246 e. The van der Waals surface area contributed by atoms with E-state index in [9.17, 15) is 9.59 Å². The lowest BCUT2D eigenvalue weighted by Gasteiger charge is -2.35. The molecule has 1 fully saturated rings. The number of amides is 2. The molecule has 4 heteroatoms. The molecule has 0 saturated carbocycles. The van der Waals surface area contributed by atoms with E-state index in [1.54, 1.807) is 4.90 Å². The van der Waals surface area contributed by atoms with Crippen molar-refractivity contribution in [3.8, 4) is 0 Å². The Morgan fingerprint density at radius 1 is 1.35 bits per heavy atom. The quantitative estimate of drug-likeness (QED) is 0.875. The third-order valence-corrected chi connectivity index (χ3v) is 4.68. The molecule has 4 nitrogen and oxygen atoms in total. The van der Waals surface area contributed by atoms with Crippen LogP contribution in [0, 0.1) is 5.92 Å². The number of hydrogen-bond donors (Lipinski definition) is 1. The molecule has 1 N–H and O–H groups in total. The monoisotopic (exact) mass is 316 g/mol. The second kappa shape index (κ2) is 7.16. The Hall–Kier alpha value is -1.84. The Kier molecular flexibility index (Phi) is 5.45. The molecule has 1 saturated heterocycles. The van der Waals surface area contributed by atoms with Crippen LogP contribution in [0.3, 0.4) is 0 Å². The zero-order valence-corrected chi connectivity index (χ0v) is 14.7. The van der Waals surface area contributed by atoms with Crippen LogP contribution < -0.4 is 10.2 Å². The molecule has 1 aliphatic heterocycles. The van der Waals surface area contributed by atoms with Crippen molar-refractivity contribution in [2.45, 2.75) is 58.9 Å². The van der Waals surface area contributed by atoms with Gasteiger partial charge < -0.3 is 5.32 Å². The molecule has 0 aromatic heterocycles. The maximum atomic E-state index is 12.8. The van der Waals surface area contributed by atoms with Crippen molar-refractivity contribution in [1.82, 2.24) is 5.32 Å². The lowest BCUT2D eigenvalue weighted by molar-refractivity contribution is -0.127. The largest absolute Gasteiger partial charge is 0.354 e. The normalized spacial score (nSPS) is 21.1. The van der Waals surface area contributed by atoms with Crippen molar-refractivity contribution >= 4 is 17.5 Å². The highest BCUT2D eigenvalue weighted by atomic mass is 16.2. The molecule has 126 valence electrons. The minimum absolute atomic E-state index is 0.0346. The minimum Gasteiger partial charge on any atom is -0.354 e. The fraction of sp³-hybridized carbons (Fsp3) is 0.579. The van der Waals surface area contributed by atoms with E-state index in [0.717, 1.165) is 24.1 Å². The van der Waals surface area contributed by atoms with Gasteiger partial charge in [-0.3, -0.25) is 14.5 Å². The van der Waals surface area contributed by atoms with Gasteiger partial charge in [0.15, 0.2) is 0 Å². The third-order valence-electron chi connectivity index (χ3n) is 4.68. The van der Waals surface area contributed by atoms with Gasteiger partial charge in [-0.2, -0.15) is 0 Å². The van der Waals surface area contributed by atoms with Crippen LogP contribution >= 0.6 is 0 Å². The maximum Gasteiger partial charge on any atom is 0.246 e. The van der Waals surface area contributed by atoms with Crippen LogP contribution in [0.5, 0.6) is 0 Å². The molecule has 0 aliphatic carbocycles. The van der Waals surface area contributed by atoms with Crippen molar-refractivity contribution in [2.24, 2.45) is 5.92 Å². The molecule has 1 aromatic rings. The molecule has 1 aliphatic rings. The Bertz CT molecular complexity index is 582. The first kappa shape index (κ1) is 17.5. The second-order valence-electron chi connectivity index (χ2n) is 6.92. The van der Waals surface area contributed by atoms with E-state index < -0.39 is 5.54 Å². The Balaban J connectivity index is 2.26. The average molecular weight is 316 g/mol. The first-order valence-corrected chi connectivity index (χ1v) is 8.59. The van der Waals surface area contributed by atoms with Crippen LogP contribution in [0.1, 0.15) is 52.5 Å². The van der Waals surface area contributed by atoms with E-state index in [-0.39, 0.29) is 11.8 Å². The van der Waals surface area contributed by atoms with Crippen molar-refractivity contribution < 1.29 is 9.59 Å². The highest BCUT2D eigenvalue weighted by Gasteiger charge is 2.48. The van der Waals surface area contributed by atoms with Crippen LogP contribution in [-0.4, -0.2) is 23.9 Å². The molecular weight excluding hydrogens is 288 g/mol. The number of hydrogen-bond acceptors (Lipinski definition) is 2. The van der Waals surface area contributed by atoms with Gasteiger partial charge in [0.2, 0.25) is 11.8 Å². The number of anilines is 1. The highest BCUT2D eigenvalue weighted by Crippen LogP contribution is 2.37. The van der Waals surface area contributed by atoms with Gasteiger partial charge in [-0.15, -0.1) is 0 Å². The Morgan fingerprint density at radius 2 is 2.04 bits per heavy atom. The number of benzene rings is 1. The predicted octanol–water partition coefficient (Wildman–Crippen LogP) is 3.30. The van der Waals surface area contributed by atoms with Crippen LogP contribution in [0.15, 0.2) is 24.3 Å². The summed E-state index contributed by atoms with van der Waals surface area (Å²) in [5, 5.41) is 3.02. The van der Waals surface area contributed by atoms with Crippen molar-refractivity contribution in [3.63, 3.8) is 0 Å². The molecule has 1 aromatic carbocycles. The average Bonchev–Trinajstić information content (AvgIpc) is 2.83. The molecule has 23 heavy (non-hydrogen) atoms. The van der Waals surface area contributed by atoms with Gasteiger partial charge >= 0.3 is 0 Å². The van der Waals surface area contributed by atoms with Gasteiger partial charge in [0.1, 0.15) is 5.54 Å². The van der Waals surface area contributed by atoms with Crippen LogP contribution in [0.2, 0.25) is 0 Å². The van der Waals surface area contributed by atoms with E-state index >= 15 is 0 Å². The summed E-state index contributed by atoms with van der Waals surface area (Å²) in [5.74, 6) is 0.535. The topological polar surface area (TPSA) is 49.4 Å². The van der Waals surface area contributed by atoms with Crippen LogP contribution in [-0.2, 0) is 16.0 Å². The summed E-state index contributed by atoms with van der Waals surface area (Å²) >= 11 is 0. The SMILES string of the molecule is CCc1ccccc1N1C(=O)CC[C@@]1(C)C(=O)NCCC(C)C. The lowest BCUT2D eigenvalue weighted by Crippen LogP contribution is -2.55. The highest BCUT2D eigenvalue weighted by molar-refractivity contribution is 6.06. The summed E-state index contributed by atoms with van der Waals surface area (Å²) in [6.07, 6.45) is 2.77. The standard InChI is InChI=1S/C19H28N2O2/c1-5-15-8-6-7-9-16(15)21-17(22)10-12-19(21,4)18(23)20-13-11-14(2)3/h6-9,14H,5,10-13H2,1-4H3,(H,20,23)/t19-/m0/s1. The fourth-order valence-electron chi connectivity index (χ4n) is 3.16. The molecule has 2 rings (SSSR count). The summed E-state index contributed by atoms with van der Waals surface area (Å²) in [7, 11) is 0. The van der Waals surface area contributed by atoms with Gasteiger partial charge in [0, 0.05) is 18.7 Å². The molecule has 0 unspecified atom stereocenters. The summed E-state index contributed by atoms with van der Waals surface area (Å²) < 4.78 is 0. The van der Waals surface area contributed by atoms with E-state index in [4.69, 9.17) is 0 Å². The molecule has 0 radical (unpaired) electrons. The van der Waals surface area contributed by atoms with E-state index in [1.165, 1.54) is 0 Å². The maximum absolute atomic E-state index is 12.8. The van der Waals surface area contributed by atoms with Gasteiger partial charge in [0.25, 0.3) is 0 Å². The molecular formula is C19H28N2O2.